The Morgan fingerprint density at radius 2 is 1.79 bits per heavy atom. The highest BCUT2D eigenvalue weighted by Gasteiger charge is 2.09. The predicted molar refractivity (Wildman–Crippen MR) is 47.4 cm³/mol. The highest BCUT2D eigenvalue weighted by molar-refractivity contribution is 5.89. The molecule has 0 aliphatic rings. The fourth-order valence-electron chi connectivity index (χ4n) is 0.740. The van der Waals surface area contributed by atoms with E-state index < -0.39 is 12.1 Å². The minimum atomic E-state index is -0.825. The van der Waals surface area contributed by atoms with E-state index in [1.54, 1.807) is 30.3 Å². The second kappa shape index (κ2) is 4.86. The lowest BCUT2D eigenvalue weighted by Gasteiger charge is -2.01. The van der Waals surface area contributed by atoms with Gasteiger partial charge in [0, 0.05) is 7.05 Å². The first kappa shape index (κ1) is 10.0. The van der Waals surface area contributed by atoms with Crippen LogP contribution in [0.1, 0.15) is 10.4 Å². The lowest BCUT2D eigenvalue weighted by Crippen LogP contribution is -2.21. The van der Waals surface area contributed by atoms with Crippen LogP contribution in [0.2, 0.25) is 0 Å². The molecule has 0 aliphatic carbocycles. The van der Waals surface area contributed by atoms with Gasteiger partial charge in [-0.3, -0.25) is 0 Å². The third-order valence-corrected chi connectivity index (χ3v) is 1.41. The van der Waals surface area contributed by atoms with Crippen molar-refractivity contribution >= 4 is 12.1 Å². The fraction of sp³-hybridized carbons (Fsp3) is 0.111. The second-order valence-corrected chi connectivity index (χ2v) is 2.36. The van der Waals surface area contributed by atoms with Gasteiger partial charge in [-0.15, -0.1) is 0 Å². The van der Waals surface area contributed by atoms with Crippen LogP contribution in [0.25, 0.3) is 0 Å². The molecule has 0 aliphatic heterocycles. The summed E-state index contributed by atoms with van der Waals surface area (Å²) in [7, 11) is 1.36. The van der Waals surface area contributed by atoms with Crippen LogP contribution in [0, 0.1) is 0 Å². The van der Waals surface area contributed by atoms with Gasteiger partial charge >= 0.3 is 12.1 Å². The maximum atomic E-state index is 11.1. The monoisotopic (exact) mass is 195 g/mol. The zero-order chi connectivity index (χ0) is 10.4. The van der Waals surface area contributed by atoms with Crippen LogP contribution in [0.5, 0.6) is 0 Å². The zero-order valence-corrected chi connectivity index (χ0v) is 7.52. The quantitative estimate of drug-likeness (QED) is 0.538. The zero-order valence-electron chi connectivity index (χ0n) is 7.52. The van der Waals surface area contributed by atoms with Gasteiger partial charge in [0.1, 0.15) is 0 Å². The Bertz CT molecular complexity index is 323. The smallest absolute Gasteiger partial charge is 0.321 e. The lowest BCUT2D eigenvalue weighted by atomic mass is 10.2. The molecule has 0 atom stereocenters. The number of carbonyl (C=O) groups is 2. The summed E-state index contributed by atoms with van der Waals surface area (Å²) in [5.74, 6) is -0.714. The number of hydrogen-bond acceptors (Lipinski definition) is 4. The number of benzene rings is 1. The van der Waals surface area contributed by atoms with Gasteiger partial charge in [0.2, 0.25) is 0 Å². The summed E-state index contributed by atoms with van der Waals surface area (Å²) in [6.07, 6.45) is -0.825. The molecule has 0 saturated heterocycles. The first-order valence-electron chi connectivity index (χ1n) is 3.89. The topological polar surface area (TPSA) is 64.6 Å². The minimum absolute atomic E-state index is 0.316. The number of carbonyl (C=O) groups excluding carboxylic acids is 2. The van der Waals surface area contributed by atoms with Gasteiger partial charge in [-0.25, -0.2) is 19.4 Å². The number of nitrogens with one attached hydrogen (secondary N) is 1. The van der Waals surface area contributed by atoms with Crippen molar-refractivity contribution < 1.29 is 19.4 Å². The molecule has 1 rings (SSSR count). The van der Waals surface area contributed by atoms with Crippen LogP contribution in [0.15, 0.2) is 30.3 Å². The summed E-state index contributed by atoms with van der Waals surface area (Å²) in [5, 5.41) is 2.13. The molecule has 0 spiro atoms. The summed E-state index contributed by atoms with van der Waals surface area (Å²) < 4.78 is 0. The Morgan fingerprint density at radius 1 is 1.14 bits per heavy atom. The largest absolute Gasteiger partial charge is 0.450 e. The summed E-state index contributed by atoms with van der Waals surface area (Å²) >= 11 is 0. The number of rotatable bonds is 1. The molecule has 1 aromatic carbocycles. The molecule has 0 radical (unpaired) electrons. The molecule has 0 aromatic heterocycles. The molecule has 0 fully saturated rings. The Labute approximate surface area is 80.6 Å². The SMILES string of the molecule is CNC(=O)OOC(=O)c1ccccc1. The highest BCUT2D eigenvalue weighted by Crippen LogP contribution is 2.00. The van der Waals surface area contributed by atoms with Crippen LogP contribution in [-0.4, -0.2) is 19.1 Å². The molecule has 1 aromatic rings. The van der Waals surface area contributed by atoms with Gasteiger partial charge in [-0.1, -0.05) is 18.2 Å². The van der Waals surface area contributed by atoms with E-state index in [2.05, 4.69) is 15.1 Å². The van der Waals surface area contributed by atoms with E-state index in [4.69, 9.17) is 0 Å². The summed E-state index contributed by atoms with van der Waals surface area (Å²) in [4.78, 5) is 30.0. The average Bonchev–Trinajstić information content (AvgIpc) is 2.26. The first-order chi connectivity index (χ1) is 6.74. The van der Waals surface area contributed by atoms with Crippen molar-refractivity contribution in [3.63, 3.8) is 0 Å². The van der Waals surface area contributed by atoms with Crippen LogP contribution in [-0.2, 0) is 9.78 Å². The standard InChI is InChI=1S/C9H9NO4/c1-10-9(12)14-13-8(11)7-5-3-2-4-6-7/h2-6H,1H3,(H,10,12). The Kier molecular flexibility index (Phi) is 3.49. The van der Waals surface area contributed by atoms with Crippen molar-refractivity contribution in [1.29, 1.82) is 0 Å². The molecule has 1 amide bonds. The number of amides is 1. The fourth-order valence-corrected chi connectivity index (χ4v) is 0.740. The molecule has 14 heavy (non-hydrogen) atoms. The molecule has 5 nitrogen and oxygen atoms in total. The van der Waals surface area contributed by atoms with Crippen LogP contribution >= 0.6 is 0 Å². The Balaban J connectivity index is 2.48. The summed E-state index contributed by atoms with van der Waals surface area (Å²) in [6, 6.07) is 8.22. The Hall–Kier alpha value is -2.04. The van der Waals surface area contributed by atoms with Crippen molar-refractivity contribution in [1.82, 2.24) is 5.32 Å². The van der Waals surface area contributed by atoms with Crippen molar-refractivity contribution in [3.8, 4) is 0 Å². The third-order valence-electron chi connectivity index (χ3n) is 1.41. The normalized spacial score (nSPS) is 8.93. The van der Waals surface area contributed by atoms with Crippen molar-refractivity contribution in [2.75, 3.05) is 7.05 Å². The third kappa shape index (κ3) is 2.78. The van der Waals surface area contributed by atoms with E-state index in [-0.39, 0.29) is 0 Å². The van der Waals surface area contributed by atoms with E-state index in [0.29, 0.717) is 5.56 Å². The highest BCUT2D eigenvalue weighted by atomic mass is 17.2. The molecule has 0 saturated carbocycles. The van der Waals surface area contributed by atoms with E-state index in [1.807, 2.05) is 0 Å². The predicted octanol–water partition coefficient (Wildman–Crippen LogP) is 1.11. The molecular formula is C9H9NO4. The molecule has 5 heteroatoms. The van der Waals surface area contributed by atoms with Crippen LogP contribution in [0.4, 0.5) is 4.79 Å². The average molecular weight is 195 g/mol. The molecule has 0 bridgehead atoms. The van der Waals surface area contributed by atoms with Crippen LogP contribution in [0.3, 0.4) is 0 Å². The first-order valence-corrected chi connectivity index (χ1v) is 3.89. The number of hydrogen-bond donors (Lipinski definition) is 1. The van der Waals surface area contributed by atoms with Gasteiger partial charge < -0.3 is 5.32 Å². The molecular weight excluding hydrogens is 186 g/mol. The molecule has 74 valence electrons. The van der Waals surface area contributed by atoms with Gasteiger partial charge in [0.25, 0.3) is 0 Å². The minimum Gasteiger partial charge on any atom is -0.321 e. The second-order valence-electron chi connectivity index (χ2n) is 2.36. The van der Waals surface area contributed by atoms with Gasteiger partial charge in [0.05, 0.1) is 5.56 Å². The lowest BCUT2D eigenvalue weighted by molar-refractivity contribution is -0.182. The van der Waals surface area contributed by atoms with Crippen LogP contribution < -0.4 is 5.32 Å². The van der Waals surface area contributed by atoms with E-state index in [1.165, 1.54) is 7.05 Å². The maximum Gasteiger partial charge on any atom is 0.450 e. The van der Waals surface area contributed by atoms with Crippen molar-refractivity contribution in [2.45, 2.75) is 0 Å². The molecule has 0 heterocycles. The van der Waals surface area contributed by atoms with Gasteiger partial charge in [-0.2, -0.15) is 0 Å². The van der Waals surface area contributed by atoms with Gasteiger partial charge in [0.15, 0.2) is 0 Å². The summed E-state index contributed by atoms with van der Waals surface area (Å²) in [6.45, 7) is 0. The van der Waals surface area contributed by atoms with Gasteiger partial charge in [-0.05, 0) is 12.1 Å². The van der Waals surface area contributed by atoms with E-state index >= 15 is 0 Å². The maximum absolute atomic E-state index is 11.1. The van der Waals surface area contributed by atoms with E-state index in [9.17, 15) is 9.59 Å². The van der Waals surface area contributed by atoms with E-state index in [0.717, 1.165) is 0 Å². The van der Waals surface area contributed by atoms with Crippen molar-refractivity contribution in [3.05, 3.63) is 35.9 Å². The summed E-state index contributed by atoms with van der Waals surface area (Å²) in [5.41, 5.74) is 0.316. The molecule has 0 unspecified atom stereocenters. The molecule has 1 N–H and O–H groups in total. The Morgan fingerprint density at radius 3 is 2.36 bits per heavy atom. The van der Waals surface area contributed by atoms with Crippen molar-refractivity contribution in [2.24, 2.45) is 0 Å².